The monoisotopic (exact) mass is 361 g/mol. The normalized spacial score (nSPS) is 19.4. The average Bonchev–Trinajstić information content (AvgIpc) is 3.16. The molecule has 1 aromatic carbocycles. The number of hydrogen-bond acceptors (Lipinski definition) is 5. The third-order valence-corrected chi connectivity index (χ3v) is 5.46. The highest BCUT2D eigenvalue weighted by atomic mass is 32.1. The van der Waals surface area contributed by atoms with Crippen LogP contribution >= 0.6 is 11.3 Å². The van der Waals surface area contributed by atoms with Gasteiger partial charge in [0.25, 0.3) is 0 Å². The van der Waals surface area contributed by atoms with Gasteiger partial charge in [0.2, 0.25) is 0 Å². The number of methoxy groups -OCH3 is 2. The zero-order chi connectivity index (χ0) is 17.8. The topological polar surface area (TPSA) is 59.0 Å². The molecule has 0 radical (unpaired) electrons. The summed E-state index contributed by atoms with van der Waals surface area (Å²) in [6.45, 7) is 1.42. The van der Waals surface area contributed by atoms with Crippen molar-refractivity contribution in [1.82, 2.24) is 4.90 Å². The van der Waals surface area contributed by atoms with E-state index in [4.69, 9.17) is 9.47 Å². The standard InChI is InChI=1S/C19H23NO4S/c1-23-15-5-6-16(17(10-15)24-2)18(14-7-9-25-12-14)20-8-3-4-13(11-20)19(21)22/h5-7,9-10,12-13,18H,3-4,8,11H2,1-2H3,(H,21,22). The van der Waals surface area contributed by atoms with Crippen molar-refractivity contribution in [2.45, 2.75) is 18.9 Å². The summed E-state index contributed by atoms with van der Waals surface area (Å²) in [7, 11) is 3.28. The number of hydrogen-bond donors (Lipinski definition) is 1. The molecule has 0 bridgehead atoms. The molecule has 3 rings (SSSR count). The summed E-state index contributed by atoms with van der Waals surface area (Å²) in [4.78, 5) is 13.7. The lowest BCUT2D eigenvalue weighted by Crippen LogP contribution is -2.41. The number of carboxylic acids is 1. The number of aliphatic carboxylic acids is 1. The lowest BCUT2D eigenvalue weighted by molar-refractivity contribution is -0.143. The number of ether oxygens (including phenoxy) is 2. The van der Waals surface area contributed by atoms with Crippen molar-refractivity contribution in [1.29, 1.82) is 0 Å². The van der Waals surface area contributed by atoms with Gasteiger partial charge < -0.3 is 14.6 Å². The predicted molar refractivity (Wildman–Crippen MR) is 97.6 cm³/mol. The van der Waals surface area contributed by atoms with Crippen molar-refractivity contribution >= 4 is 17.3 Å². The van der Waals surface area contributed by atoms with Crippen LogP contribution in [-0.2, 0) is 4.79 Å². The first-order valence-corrected chi connectivity index (χ1v) is 9.29. The number of likely N-dealkylation sites (tertiary alicyclic amines) is 1. The number of piperidine rings is 1. The van der Waals surface area contributed by atoms with Gasteiger partial charge in [-0.3, -0.25) is 9.69 Å². The van der Waals surface area contributed by atoms with Crippen LogP contribution in [0.1, 0.15) is 30.0 Å². The van der Waals surface area contributed by atoms with Crippen molar-refractivity contribution in [3.63, 3.8) is 0 Å². The summed E-state index contributed by atoms with van der Waals surface area (Å²) < 4.78 is 10.9. The van der Waals surface area contributed by atoms with E-state index in [2.05, 4.69) is 21.7 Å². The van der Waals surface area contributed by atoms with E-state index in [1.807, 2.05) is 18.2 Å². The molecule has 25 heavy (non-hydrogen) atoms. The minimum absolute atomic E-state index is 0.0192. The Morgan fingerprint density at radius 2 is 2.16 bits per heavy atom. The van der Waals surface area contributed by atoms with Gasteiger partial charge in [0, 0.05) is 18.2 Å². The zero-order valence-electron chi connectivity index (χ0n) is 14.5. The van der Waals surface area contributed by atoms with E-state index in [0.717, 1.165) is 36.4 Å². The van der Waals surface area contributed by atoms with Gasteiger partial charge in [-0.1, -0.05) is 0 Å². The van der Waals surface area contributed by atoms with Crippen molar-refractivity contribution in [2.24, 2.45) is 5.92 Å². The minimum atomic E-state index is -0.713. The fraction of sp³-hybridized carbons (Fsp3) is 0.421. The molecule has 5 nitrogen and oxygen atoms in total. The first-order chi connectivity index (χ1) is 12.1. The average molecular weight is 361 g/mol. The zero-order valence-corrected chi connectivity index (χ0v) is 15.3. The third-order valence-electron chi connectivity index (χ3n) is 4.76. The van der Waals surface area contributed by atoms with Gasteiger partial charge in [-0.25, -0.2) is 0 Å². The lowest BCUT2D eigenvalue weighted by Gasteiger charge is -2.37. The molecule has 2 heterocycles. The smallest absolute Gasteiger partial charge is 0.307 e. The molecule has 2 unspecified atom stereocenters. The number of rotatable bonds is 6. The molecule has 1 aromatic heterocycles. The molecule has 1 aliphatic rings. The van der Waals surface area contributed by atoms with Gasteiger partial charge in [-0.05, 0) is 53.9 Å². The Bertz CT molecular complexity index is 716. The van der Waals surface area contributed by atoms with Crippen LogP contribution in [0.25, 0.3) is 0 Å². The van der Waals surface area contributed by atoms with E-state index in [9.17, 15) is 9.90 Å². The summed E-state index contributed by atoms with van der Waals surface area (Å²) in [5.74, 6) is 0.467. The highest BCUT2D eigenvalue weighted by Crippen LogP contribution is 2.39. The number of thiophene rings is 1. The molecule has 1 N–H and O–H groups in total. The summed E-state index contributed by atoms with van der Waals surface area (Å²) in [6, 6.07) is 7.91. The first kappa shape index (κ1) is 17.8. The van der Waals surface area contributed by atoms with Gasteiger partial charge >= 0.3 is 5.97 Å². The Kier molecular flexibility index (Phi) is 5.60. The lowest BCUT2D eigenvalue weighted by atomic mass is 9.92. The van der Waals surface area contributed by atoms with Crippen molar-refractivity contribution in [3.8, 4) is 11.5 Å². The molecule has 1 saturated heterocycles. The molecule has 134 valence electrons. The summed E-state index contributed by atoms with van der Waals surface area (Å²) >= 11 is 1.65. The van der Waals surface area contributed by atoms with Crippen molar-refractivity contribution < 1.29 is 19.4 Å². The van der Waals surface area contributed by atoms with Crippen LogP contribution in [0.3, 0.4) is 0 Å². The summed E-state index contributed by atoms with van der Waals surface area (Å²) in [5, 5.41) is 13.6. The number of nitrogens with zero attached hydrogens (tertiary/aromatic N) is 1. The SMILES string of the molecule is COc1ccc(C(c2ccsc2)N2CCCC(C(=O)O)C2)c(OC)c1. The van der Waals surface area contributed by atoms with Crippen molar-refractivity contribution in [3.05, 3.63) is 46.2 Å². The highest BCUT2D eigenvalue weighted by molar-refractivity contribution is 7.08. The second-order valence-corrected chi connectivity index (χ2v) is 7.02. The Balaban J connectivity index is 2.00. The molecule has 0 spiro atoms. The van der Waals surface area contributed by atoms with Gasteiger partial charge in [0.1, 0.15) is 11.5 Å². The molecule has 2 atom stereocenters. The maximum Gasteiger partial charge on any atom is 0.307 e. The highest BCUT2D eigenvalue weighted by Gasteiger charge is 2.32. The molecule has 6 heteroatoms. The fourth-order valence-corrected chi connectivity index (χ4v) is 4.18. The molecule has 0 saturated carbocycles. The van der Waals surface area contributed by atoms with Crippen LogP contribution in [0, 0.1) is 5.92 Å². The van der Waals surface area contributed by atoms with E-state index in [0.29, 0.717) is 6.54 Å². The van der Waals surface area contributed by atoms with Gasteiger partial charge in [-0.15, -0.1) is 0 Å². The third kappa shape index (κ3) is 3.80. The molecule has 0 aliphatic carbocycles. The van der Waals surface area contributed by atoms with Crippen LogP contribution in [0.4, 0.5) is 0 Å². The van der Waals surface area contributed by atoms with Crippen LogP contribution in [0.5, 0.6) is 11.5 Å². The van der Waals surface area contributed by atoms with Crippen LogP contribution in [-0.4, -0.2) is 43.3 Å². The molecular weight excluding hydrogens is 338 g/mol. The summed E-state index contributed by atoms with van der Waals surface area (Å²) in [6.07, 6.45) is 1.62. The maximum absolute atomic E-state index is 11.5. The second kappa shape index (κ2) is 7.89. The van der Waals surface area contributed by atoms with Gasteiger partial charge in [0.15, 0.2) is 0 Å². The minimum Gasteiger partial charge on any atom is -0.497 e. The Labute approximate surface area is 151 Å². The van der Waals surface area contributed by atoms with Crippen LogP contribution < -0.4 is 9.47 Å². The van der Waals surface area contributed by atoms with E-state index < -0.39 is 5.97 Å². The molecule has 1 aliphatic heterocycles. The van der Waals surface area contributed by atoms with E-state index in [1.54, 1.807) is 25.6 Å². The Hall–Kier alpha value is -2.05. The molecule has 1 fully saturated rings. The van der Waals surface area contributed by atoms with Gasteiger partial charge in [0.05, 0.1) is 26.2 Å². The largest absolute Gasteiger partial charge is 0.497 e. The number of carbonyl (C=O) groups is 1. The molecular formula is C19H23NO4S. The summed E-state index contributed by atoms with van der Waals surface area (Å²) in [5.41, 5.74) is 2.20. The van der Waals surface area contributed by atoms with E-state index >= 15 is 0 Å². The maximum atomic E-state index is 11.5. The van der Waals surface area contributed by atoms with Crippen LogP contribution in [0.2, 0.25) is 0 Å². The number of carboxylic acid groups (broad SMARTS) is 1. The first-order valence-electron chi connectivity index (χ1n) is 8.35. The fourth-order valence-electron chi connectivity index (χ4n) is 3.50. The van der Waals surface area contributed by atoms with E-state index in [1.165, 1.54) is 5.56 Å². The predicted octanol–water partition coefficient (Wildman–Crippen LogP) is 3.65. The molecule has 0 amide bonds. The Morgan fingerprint density at radius 3 is 2.80 bits per heavy atom. The number of benzene rings is 1. The van der Waals surface area contributed by atoms with Crippen molar-refractivity contribution in [2.75, 3.05) is 27.3 Å². The molecule has 2 aromatic rings. The Morgan fingerprint density at radius 1 is 1.32 bits per heavy atom. The van der Waals surface area contributed by atoms with E-state index in [-0.39, 0.29) is 12.0 Å². The quantitative estimate of drug-likeness (QED) is 0.851. The van der Waals surface area contributed by atoms with Crippen LogP contribution in [0.15, 0.2) is 35.0 Å². The second-order valence-electron chi connectivity index (χ2n) is 6.24. The van der Waals surface area contributed by atoms with Gasteiger partial charge in [-0.2, -0.15) is 11.3 Å².